The summed E-state index contributed by atoms with van der Waals surface area (Å²) in [7, 11) is 0. The van der Waals surface area contributed by atoms with Crippen molar-refractivity contribution in [2.75, 3.05) is 0 Å². The third kappa shape index (κ3) is 2.64. The quantitative estimate of drug-likeness (QED) is 0.861. The molecule has 2 rings (SSSR count). The Morgan fingerprint density at radius 1 is 1.40 bits per heavy atom. The average molecular weight is 219 g/mol. The molecule has 2 aromatic rings. The normalized spacial score (nSPS) is 12.7. The molecule has 0 saturated heterocycles. The zero-order valence-corrected chi connectivity index (χ0v) is 9.37. The molecular weight excluding hydrogens is 206 g/mol. The zero-order valence-electron chi connectivity index (χ0n) is 8.55. The van der Waals surface area contributed by atoms with Crippen LogP contribution < -0.4 is 0 Å². The topological polar surface area (TPSA) is 33.1 Å². The van der Waals surface area contributed by atoms with Crippen LogP contribution in [0.15, 0.2) is 36.0 Å². The van der Waals surface area contributed by atoms with E-state index in [0.29, 0.717) is 6.42 Å². The number of nitrogens with zero attached hydrogens (tertiary/aromatic N) is 1. The maximum atomic E-state index is 9.97. The van der Waals surface area contributed by atoms with Gasteiger partial charge in [0.05, 0.1) is 6.10 Å². The summed E-state index contributed by atoms with van der Waals surface area (Å²) < 4.78 is 0. The van der Waals surface area contributed by atoms with Crippen molar-refractivity contribution in [1.29, 1.82) is 0 Å². The SMILES string of the molecule is Cc1cc(C(O)Cc2ccncc2)cs1. The molecule has 0 saturated carbocycles. The standard InChI is InChI=1S/C12H13NOS/c1-9-6-11(8-15-9)12(14)7-10-2-4-13-5-3-10/h2-6,8,12,14H,7H2,1H3. The molecule has 2 nitrogen and oxygen atoms in total. The average Bonchev–Trinajstić information content (AvgIpc) is 2.66. The molecule has 0 bridgehead atoms. The minimum atomic E-state index is -0.405. The number of aliphatic hydroxyl groups excluding tert-OH is 1. The van der Waals surface area contributed by atoms with Crippen LogP contribution in [0.5, 0.6) is 0 Å². The van der Waals surface area contributed by atoms with Gasteiger partial charge < -0.3 is 5.11 Å². The number of hydrogen-bond acceptors (Lipinski definition) is 3. The van der Waals surface area contributed by atoms with E-state index in [2.05, 4.69) is 4.98 Å². The Balaban J connectivity index is 2.07. The summed E-state index contributed by atoms with van der Waals surface area (Å²) in [6.07, 6.45) is 3.75. The van der Waals surface area contributed by atoms with Crippen molar-refractivity contribution >= 4 is 11.3 Å². The number of aryl methyl sites for hydroxylation is 1. The molecule has 0 amide bonds. The van der Waals surface area contributed by atoms with Crippen molar-refractivity contribution in [2.45, 2.75) is 19.4 Å². The first kappa shape index (κ1) is 10.3. The van der Waals surface area contributed by atoms with Crippen LogP contribution in [0.4, 0.5) is 0 Å². The van der Waals surface area contributed by atoms with Crippen LogP contribution >= 0.6 is 11.3 Å². The highest BCUT2D eigenvalue weighted by Gasteiger charge is 2.09. The molecule has 0 aromatic carbocycles. The highest BCUT2D eigenvalue weighted by molar-refractivity contribution is 7.10. The molecule has 0 aliphatic rings. The summed E-state index contributed by atoms with van der Waals surface area (Å²) in [5.41, 5.74) is 2.12. The summed E-state index contributed by atoms with van der Waals surface area (Å²) in [6.45, 7) is 2.05. The lowest BCUT2D eigenvalue weighted by atomic mass is 10.0. The minimum Gasteiger partial charge on any atom is -0.388 e. The van der Waals surface area contributed by atoms with Crippen LogP contribution in [-0.4, -0.2) is 10.1 Å². The molecule has 0 aliphatic carbocycles. The van der Waals surface area contributed by atoms with Gasteiger partial charge in [0.1, 0.15) is 0 Å². The van der Waals surface area contributed by atoms with Gasteiger partial charge in [0.25, 0.3) is 0 Å². The van der Waals surface area contributed by atoms with E-state index in [4.69, 9.17) is 0 Å². The molecule has 1 unspecified atom stereocenters. The Kier molecular flexibility index (Phi) is 3.14. The first-order valence-electron chi connectivity index (χ1n) is 4.87. The molecule has 2 heterocycles. The monoisotopic (exact) mass is 219 g/mol. The van der Waals surface area contributed by atoms with Crippen molar-refractivity contribution in [3.63, 3.8) is 0 Å². The van der Waals surface area contributed by atoms with Crippen molar-refractivity contribution in [3.8, 4) is 0 Å². The van der Waals surface area contributed by atoms with E-state index < -0.39 is 6.10 Å². The molecule has 3 heteroatoms. The van der Waals surface area contributed by atoms with Gasteiger partial charge in [-0.15, -0.1) is 11.3 Å². The van der Waals surface area contributed by atoms with Crippen LogP contribution in [0.25, 0.3) is 0 Å². The fourth-order valence-electron chi connectivity index (χ4n) is 1.50. The van der Waals surface area contributed by atoms with Gasteiger partial charge in [-0.3, -0.25) is 4.98 Å². The van der Waals surface area contributed by atoms with Crippen LogP contribution in [0.2, 0.25) is 0 Å². The van der Waals surface area contributed by atoms with E-state index in [1.165, 1.54) is 4.88 Å². The third-order valence-electron chi connectivity index (χ3n) is 2.31. The lowest BCUT2D eigenvalue weighted by molar-refractivity contribution is 0.179. The third-order valence-corrected chi connectivity index (χ3v) is 3.19. The molecule has 0 fully saturated rings. The minimum absolute atomic E-state index is 0.405. The first-order valence-corrected chi connectivity index (χ1v) is 5.75. The molecule has 1 atom stereocenters. The Labute approximate surface area is 93.2 Å². The van der Waals surface area contributed by atoms with Crippen molar-refractivity contribution < 1.29 is 5.11 Å². The number of aromatic nitrogens is 1. The zero-order chi connectivity index (χ0) is 10.7. The molecule has 15 heavy (non-hydrogen) atoms. The summed E-state index contributed by atoms with van der Waals surface area (Å²) in [5, 5.41) is 12.0. The number of rotatable bonds is 3. The Hall–Kier alpha value is -1.19. The molecule has 78 valence electrons. The second-order valence-electron chi connectivity index (χ2n) is 3.57. The lowest BCUT2D eigenvalue weighted by Crippen LogP contribution is -2.00. The Morgan fingerprint density at radius 3 is 2.73 bits per heavy atom. The van der Waals surface area contributed by atoms with Gasteiger partial charge in [-0.05, 0) is 41.6 Å². The van der Waals surface area contributed by atoms with Gasteiger partial charge in [-0.2, -0.15) is 0 Å². The maximum Gasteiger partial charge on any atom is 0.0838 e. The molecule has 2 aromatic heterocycles. The first-order chi connectivity index (χ1) is 7.25. The smallest absolute Gasteiger partial charge is 0.0838 e. The number of aliphatic hydroxyl groups is 1. The second-order valence-corrected chi connectivity index (χ2v) is 4.68. The van der Waals surface area contributed by atoms with E-state index in [9.17, 15) is 5.11 Å². The fraction of sp³-hybridized carbons (Fsp3) is 0.250. The summed E-state index contributed by atoms with van der Waals surface area (Å²) in [4.78, 5) is 5.18. The highest BCUT2D eigenvalue weighted by atomic mass is 32.1. The highest BCUT2D eigenvalue weighted by Crippen LogP contribution is 2.23. The van der Waals surface area contributed by atoms with Gasteiger partial charge in [-0.1, -0.05) is 0 Å². The van der Waals surface area contributed by atoms with Crippen LogP contribution in [0.1, 0.15) is 22.1 Å². The summed E-state index contributed by atoms with van der Waals surface area (Å²) in [5.74, 6) is 0. The van der Waals surface area contributed by atoms with Gasteiger partial charge in [-0.25, -0.2) is 0 Å². The molecule has 1 N–H and O–H groups in total. The van der Waals surface area contributed by atoms with Crippen molar-refractivity contribution in [3.05, 3.63) is 52.0 Å². The van der Waals surface area contributed by atoms with Gasteiger partial charge in [0.15, 0.2) is 0 Å². The van der Waals surface area contributed by atoms with Crippen LogP contribution in [-0.2, 0) is 6.42 Å². The van der Waals surface area contributed by atoms with Gasteiger partial charge in [0, 0.05) is 23.7 Å². The van der Waals surface area contributed by atoms with Gasteiger partial charge in [0.2, 0.25) is 0 Å². The van der Waals surface area contributed by atoms with Crippen molar-refractivity contribution in [1.82, 2.24) is 4.98 Å². The van der Waals surface area contributed by atoms with E-state index >= 15 is 0 Å². The Bertz CT molecular complexity index is 424. The van der Waals surface area contributed by atoms with Crippen LogP contribution in [0, 0.1) is 6.92 Å². The number of hydrogen-bond donors (Lipinski definition) is 1. The summed E-state index contributed by atoms with van der Waals surface area (Å²) in [6, 6.07) is 5.90. The van der Waals surface area contributed by atoms with E-state index in [-0.39, 0.29) is 0 Å². The maximum absolute atomic E-state index is 9.97. The molecule has 0 aliphatic heterocycles. The van der Waals surface area contributed by atoms with E-state index in [0.717, 1.165) is 11.1 Å². The summed E-state index contributed by atoms with van der Waals surface area (Å²) >= 11 is 1.67. The predicted octanol–water partition coefficient (Wildman–Crippen LogP) is 2.73. The Morgan fingerprint density at radius 2 is 2.13 bits per heavy atom. The second kappa shape index (κ2) is 4.55. The van der Waals surface area contributed by atoms with E-state index in [1.807, 2.05) is 30.5 Å². The predicted molar refractivity (Wildman–Crippen MR) is 62.0 cm³/mol. The number of pyridine rings is 1. The van der Waals surface area contributed by atoms with Gasteiger partial charge >= 0.3 is 0 Å². The largest absolute Gasteiger partial charge is 0.388 e. The lowest BCUT2D eigenvalue weighted by Gasteiger charge is -2.08. The molecule has 0 radical (unpaired) electrons. The molecule has 0 spiro atoms. The fourth-order valence-corrected chi connectivity index (χ4v) is 2.25. The van der Waals surface area contributed by atoms with Crippen molar-refractivity contribution in [2.24, 2.45) is 0 Å². The number of thiophene rings is 1. The van der Waals surface area contributed by atoms with Crippen LogP contribution in [0.3, 0.4) is 0 Å². The van der Waals surface area contributed by atoms with E-state index in [1.54, 1.807) is 23.7 Å². The molecular formula is C12H13NOS.